The minimum atomic E-state index is -3.44. The zero-order valence-electron chi connectivity index (χ0n) is 11.3. The number of hydrogen-bond donors (Lipinski definition) is 1. The molecule has 18 heavy (non-hydrogen) atoms. The van der Waals surface area contributed by atoms with Crippen LogP contribution in [0.25, 0.3) is 0 Å². The van der Waals surface area contributed by atoms with E-state index < -0.39 is 10.0 Å². The molecule has 5 nitrogen and oxygen atoms in total. The second-order valence-corrected chi connectivity index (χ2v) is 6.73. The van der Waals surface area contributed by atoms with Crippen LogP contribution in [0.5, 0.6) is 0 Å². The lowest BCUT2D eigenvalue weighted by molar-refractivity contribution is 0.520. The highest BCUT2D eigenvalue weighted by atomic mass is 32.2. The average Bonchev–Trinajstić information content (AvgIpc) is 2.27. The zero-order chi connectivity index (χ0) is 13.9. The van der Waals surface area contributed by atoms with Gasteiger partial charge in [-0.05, 0) is 19.1 Å². The number of rotatable bonds is 5. The summed E-state index contributed by atoms with van der Waals surface area (Å²) in [6.45, 7) is 2.49. The van der Waals surface area contributed by atoms with Crippen LogP contribution in [0.2, 0.25) is 0 Å². The summed E-state index contributed by atoms with van der Waals surface area (Å²) in [5.41, 5.74) is 6.42. The van der Waals surface area contributed by atoms with Crippen LogP contribution in [0.1, 0.15) is 6.92 Å². The maximum atomic E-state index is 12.2. The van der Waals surface area contributed by atoms with E-state index in [1.54, 1.807) is 18.2 Å². The molecule has 0 amide bonds. The highest BCUT2D eigenvalue weighted by Gasteiger charge is 2.22. The van der Waals surface area contributed by atoms with E-state index in [-0.39, 0.29) is 6.04 Å². The fourth-order valence-corrected chi connectivity index (χ4v) is 2.85. The lowest BCUT2D eigenvalue weighted by atomic mass is 10.2. The summed E-state index contributed by atoms with van der Waals surface area (Å²) < 4.78 is 25.6. The number of benzene rings is 1. The second-order valence-electron chi connectivity index (χ2n) is 4.61. The number of nitrogens with zero attached hydrogens (tertiary/aromatic N) is 2. The smallest absolute Gasteiger partial charge is 0.244 e. The topological polar surface area (TPSA) is 66.6 Å². The van der Waals surface area contributed by atoms with Crippen molar-refractivity contribution in [1.82, 2.24) is 4.31 Å². The molecule has 0 aliphatic heterocycles. The van der Waals surface area contributed by atoms with Crippen LogP contribution in [-0.2, 0) is 10.0 Å². The third-order valence-corrected chi connectivity index (χ3v) is 4.46. The molecule has 0 spiro atoms. The van der Waals surface area contributed by atoms with Crippen molar-refractivity contribution in [3.8, 4) is 0 Å². The van der Waals surface area contributed by atoms with Crippen LogP contribution in [0.3, 0.4) is 0 Å². The molecular weight excluding hydrogens is 250 g/mol. The van der Waals surface area contributed by atoms with E-state index in [2.05, 4.69) is 0 Å². The Morgan fingerprint density at radius 2 is 1.78 bits per heavy atom. The fourth-order valence-electron chi connectivity index (χ4n) is 1.72. The largest absolute Gasteiger partial charge is 0.372 e. The number of nitrogens with two attached hydrogens (primary N) is 1. The Balaban J connectivity index is 3.23. The molecule has 1 unspecified atom stereocenters. The first-order valence-electron chi connectivity index (χ1n) is 5.75. The van der Waals surface area contributed by atoms with Gasteiger partial charge in [-0.1, -0.05) is 12.1 Å². The van der Waals surface area contributed by atoms with Crippen molar-refractivity contribution in [2.45, 2.75) is 17.9 Å². The van der Waals surface area contributed by atoms with E-state index in [1.807, 2.05) is 24.9 Å². The van der Waals surface area contributed by atoms with Crippen LogP contribution in [-0.4, -0.2) is 46.5 Å². The molecule has 0 aliphatic carbocycles. The van der Waals surface area contributed by atoms with Gasteiger partial charge in [0.05, 0.1) is 5.69 Å². The van der Waals surface area contributed by atoms with E-state index in [4.69, 9.17) is 5.73 Å². The molecule has 2 N–H and O–H groups in total. The maximum absolute atomic E-state index is 12.2. The molecule has 0 fully saturated rings. The second kappa shape index (κ2) is 5.69. The van der Waals surface area contributed by atoms with Crippen LogP contribution in [0, 0.1) is 0 Å². The number of para-hydroxylation sites is 1. The Bertz CT molecular complexity index is 498. The quantitative estimate of drug-likeness (QED) is 0.857. The van der Waals surface area contributed by atoms with Crippen molar-refractivity contribution < 1.29 is 8.42 Å². The molecule has 0 aliphatic rings. The van der Waals surface area contributed by atoms with Gasteiger partial charge in [0.15, 0.2) is 0 Å². The van der Waals surface area contributed by atoms with Crippen LogP contribution < -0.4 is 10.6 Å². The summed E-state index contributed by atoms with van der Waals surface area (Å²) in [5, 5.41) is 0. The van der Waals surface area contributed by atoms with Crippen LogP contribution in [0.15, 0.2) is 29.2 Å². The summed E-state index contributed by atoms with van der Waals surface area (Å²) in [5.74, 6) is 0. The minimum Gasteiger partial charge on any atom is -0.372 e. The summed E-state index contributed by atoms with van der Waals surface area (Å²) in [6, 6.07) is 6.92. The summed E-state index contributed by atoms with van der Waals surface area (Å²) in [7, 11) is 1.45. The van der Waals surface area contributed by atoms with E-state index >= 15 is 0 Å². The highest BCUT2D eigenvalue weighted by Crippen LogP contribution is 2.25. The first-order chi connectivity index (χ1) is 8.26. The average molecular weight is 271 g/mol. The predicted molar refractivity (Wildman–Crippen MR) is 74.2 cm³/mol. The van der Waals surface area contributed by atoms with Gasteiger partial charge >= 0.3 is 0 Å². The summed E-state index contributed by atoms with van der Waals surface area (Å²) in [4.78, 5) is 2.17. The molecule has 0 saturated carbocycles. The van der Waals surface area contributed by atoms with E-state index in [0.717, 1.165) is 0 Å². The van der Waals surface area contributed by atoms with Crippen molar-refractivity contribution >= 4 is 15.7 Å². The molecule has 1 aromatic carbocycles. The molecule has 1 atom stereocenters. The van der Waals surface area contributed by atoms with Gasteiger partial charge in [-0.25, -0.2) is 12.7 Å². The Morgan fingerprint density at radius 3 is 2.28 bits per heavy atom. The Morgan fingerprint density at radius 1 is 1.22 bits per heavy atom. The summed E-state index contributed by atoms with van der Waals surface area (Å²) in [6.07, 6.45) is 0. The Kier molecular flexibility index (Phi) is 4.72. The predicted octanol–water partition coefficient (Wildman–Crippen LogP) is 0.720. The molecule has 0 saturated heterocycles. The molecule has 0 aromatic heterocycles. The van der Waals surface area contributed by atoms with Crippen LogP contribution >= 0.6 is 0 Å². The fraction of sp³-hybridized carbons (Fsp3) is 0.500. The number of hydrogen-bond acceptors (Lipinski definition) is 4. The normalized spacial score (nSPS) is 13.7. The van der Waals surface area contributed by atoms with Crippen molar-refractivity contribution in [3.63, 3.8) is 0 Å². The van der Waals surface area contributed by atoms with Crippen molar-refractivity contribution in [3.05, 3.63) is 24.3 Å². The molecular formula is C12H21N3O2S. The molecule has 0 radical (unpaired) electrons. The van der Waals surface area contributed by atoms with Gasteiger partial charge in [-0.2, -0.15) is 0 Å². The van der Waals surface area contributed by atoms with E-state index in [9.17, 15) is 8.42 Å². The minimum absolute atomic E-state index is 0.0230. The highest BCUT2D eigenvalue weighted by molar-refractivity contribution is 7.89. The van der Waals surface area contributed by atoms with Gasteiger partial charge in [0.25, 0.3) is 0 Å². The van der Waals surface area contributed by atoms with E-state index in [1.165, 1.54) is 18.4 Å². The Hall–Kier alpha value is -1.11. The SMILES string of the molecule is CC(N)CN(C)c1ccccc1S(=O)(=O)N(C)C. The van der Waals surface area contributed by atoms with Gasteiger partial charge in [0, 0.05) is 33.7 Å². The molecule has 0 heterocycles. The third-order valence-electron chi connectivity index (χ3n) is 2.60. The van der Waals surface area contributed by atoms with Gasteiger partial charge < -0.3 is 10.6 Å². The van der Waals surface area contributed by atoms with E-state index in [0.29, 0.717) is 17.1 Å². The van der Waals surface area contributed by atoms with Crippen molar-refractivity contribution in [1.29, 1.82) is 0 Å². The third kappa shape index (κ3) is 3.22. The van der Waals surface area contributed by atoms with Crippen molar-refractivity contribution in [2.75, 3.05) is 32.6 Å². The number of anilines is 1. The first kappa shape index (κ1) is 14.9. The van der Waals surface area contributed by atoms with Gasteiger partial charge in [-0.3, -0.25) is 0 Å². The summed E-state index contributed by atoms with van der Waals surface area (Å²) >= 11 is 0. The molecule has 0 bridgehead atoms. The number of sulfonamides is 1. The molecule has 102 valence electrons. The lowest BCUT2D eigenvalue weighted by Gasteiger charge is -2.25. The first-order valence-corrected chi connectivity index (χ1v) is 7.19. The standard InChI is InChI=1S/C12H21N3O2S/c1-10(13)9-15(4)11-7-5-6-8-12(11)18(16,17)14(2)3/h5-8,10H,9,13H2,1-4H3. The van der Waals surface area contributed by atoms with Crippen LogP contribution in [0.4, 0.5) is 5.69 Å². The number of likely N-dealkylation sites (N-methyl/N-ethyl adjacent to an activating group) is 1. The Labute approximate surface area is 109 Å². The molecule has 6 heteroatoms. The lowest BCUT2D eigenvalue weighted by Crippen LogP contribution is -2.34. The van der Waals surface area contributed by atoms with Gasteiger partial charge in [0.2, 0.25) is 10.0 Å². The van der Waals surface area contributed by atoms with Gasteiger partial charge in [0.1, 0.15) is 4.90 Å². The maximum Gasteiger partial charge on any atom is 0.244 e. The monoisotopic (exact) mass is 271 g/mol. The zero-order valence-corrected chi connectivity index (χ0v) is 12.1. The van der Waals surface area contributed by atoms with Crippen molar-refractivity contribution in [2.24, 2.45) is 5.73 Å². The van der Waals surface area contributed by atoms with Gasteiger partial charge in [-0.15, -0.1) is 0 Å². The molecule has 1 aromatic rings. The molecule has 1 rings (SSSR count).